The lowest BCUT2D eigenvalue weighted by atomic mass is 10.0. The van der Waals surface area contributed by atoms with Gasteiger partial charge in [-0.1, -0.05) is 12.1 Å². The standard InChI is InChI=1S/C16H22F2N2O3/c1-20(15(21)22-2)11-12-3-5-13(6-4-12)19-14-7-9-23-10-8-16(14,17)18/h3-6,14,19H,7-11H2,1-2H3. The van der Waals surface area contributed by atoms with Crippen LogP contribution in [0.25, 0.3) is 0 Å². The number of alkyl halides is 2. The van der Waals surface area contributed by atoms with E-state index in [2.05, 4.69) is 10.1 Å². The zero-order valence-corrected chi connectivity index (χ0v) is 13.4. The van der Waals surface area contributed by atoms with Crippen molar-refractivity contribution in [2.75, 3.05) is 32.7 Å². The summed E-state index contributed by atoms with van der Waals surface area (Å²) in [5.74, 6) is -2.79. The van der Waals surface area contributed by atoms with Crippen LogP contribution in [-0.2, 0) is 16.0 Å². The summed E-state index contributed by atoms with van der Waals surface area (Å²) in [6.07, 6.45) is -0.433. The van der Waals surface area contributed by atoms with Gasteiger partial charge in [-0.3, -0.25) is 0 Å². The minimum Gasteiger partial charge on any atom is -0.453 e. The first-order chi connectivity index (χ1) is 10.9. The van der Waals surface area contributed by atoms with Gasteiger partial charge in [-0.05, 0) is 24.1 Å². The lowest BCUT2D eigenvalue weighted by molar-refractivity contribution is -0.0275. The largest absolute Gasteiger partial charge is 0.453 e. The molecular weight excluding hydrogens is 306 g/mol. The summed E-state index contributed by atoms with van der Waals surface area (Å²) < 4.78 is 37.7. The molecule has 1 amide bonds. The molecule has 7 heteroatoms. The normalized spacial score (nSPS) is 20.4. The topological polar surface area (TPSA) is 50.8 Å². The van der Waals surface area contributed by atoms with Gasteiger partial charge < -0.3 is 19.7 Å². The molecule has 0 spiro atoms. The van der Waals surface area contributed by atoms with Gasteiger partial charge in [-0.25, -0.2) is 13.6 Å². The molecule has 1 unspecified atom stereocenters. The summed E-state index contributed by atoms with van der Waals surface area (Å²) in [5.41, 5.74) is 1.51. The number of hydrogen-bond acceptors (Lipinski definition) is 4. The summed E-state index contributed by atoms with van der Waals surface area (Å²) in [7, 11) is 2.95. The van der Waals surface area contributed by atoms with Crippen molar-refractivity contribution in [1.82, 2.24) is 4.90 Å². The number of methoxy groups -OCH3 is 1. The molecule has 23 heavy (non-hydrogen) atoms. The lowest BCUT2D eigenvalue weighted by Gasteiger charge is -2.26. The lowest BCUT2D eigenvalue weighted by Crippen LogP contribution is -2.39. The van der Waals surface area contributed by atoms with Gasteiger partial charge in [0.2, 0.25) is 0 Å². The van der Waals surface area contributed by atoms with E-state index < -0.39 is 18.1 Å². The van der Waals surface area contributed by atoms with Crippen LogP contribution in [0.5, 0.6) is 0 Å². The first-order valence-corrected chi connectivity index (χ1v) is 7.52. The maximum atomic E-state index is 14.0. The predicted octanol–water partition coefficient (Wildman–Crippen LogP) is 3.11. The molecule has 1 saturated heterocycles. The summed E-state index contributed by atoms with van der Waals surface area (Å²) in [6, 6.07) is 6.14. The van der Waals surface area contributed by atoms with Crippen molar-refractivity contribution in [3.05, 3.63) is 29.8 Å². The van der Waals surface area contributed by atoms with Crippen LogP contribution in [0.2, 0.25) is 0 Å². The van der Waals surface area contributed by atoms with Crippen LogP contribution in [0.4, 0.5) is 19.3 Å². The molecule has 128 valence electrons. The van der Waals surface area contributed by atoms with Crippen LogP contribution < -0.4 is 5.32 Å². The average molecular weight is 328 g/mol. The van der Waals surface area contributed by atoms with Gasteiger partial charge in [0.05, 0.1) is 19.8 Å². The molecule has 1 N–H and O–H groups in total. The number of halogens is 2. The molecule has 1 aromatic rings. The van der Waals surface area contributed by atoms with Gasteiger partial charge in [0.1, 0.15) is 0 Å². The number of carbonyl (C=O) groups is 1. The van der Waals surface area contributed by atoms with Crippen LogP contribution in [-0.4, -0.2) is 50.3 Å². The molecule has 1 atom stereocenters. The highest BCUT2D eigenvalue weighted by Crippen LogP contribution is 2.30. The fourth-order valence-electron chi connectivity index (χ4n) is 2.48. The van der Waals surface area contributed by atoms with Gasteiger partial charge >= 0.3 is 6.09 Å². The Morgan fingerprint density at radius 1 is 1.39 bits per heavy atom. The van der Waals surface area contributed by atoms with Crippen molar-refractivity contribution < 1.29 is 23.0 Å². The molecule has 1 heterocycles. The van der Waals surface area contributed by atoms with E-state index in [-0.39, 0.29) is 19.4 Å². The highest BCUT2D eigenvalue weighted by molar-refractivity contribution is 5.67. The summed E-state index contributed by atoms with van der Waals surface area (Å²) >= 11 is 0. The first-order valence-electron chi connectivity index (χ1n) is 7.52. The van der Waals surface area contributed by atoms with Gasteiger partial charge in [-0.15, -0.1) is 0 Å². The minimum atomic E-state index is -2.79. The number of amides is 1. The van der Waals surface area contributed by atoms with Crippen molar-refractivity contribution in [1.29, 1.82) is 0 Å². The van der Waals surface area contributed by atoms with Crippen LogP contribution >= 0.6 is 0 Å². The zero-order chi connectivity index (χ0) is 16.9. The second kappa shape index (κ2) is 7.59. The number of carbonyl (C=O) groups excluding carboxylic acids is 1. The molecular formula is C16H22F2N2O3. The predicted molar refractivity (Wildman–Crippen MR) is 82.7 cm³/mol. The molecule has 2 rings (SSSR count). The van der Waals surface area contributed by atoms with Crippen LogP contribution in [0, 0.1) is 0 Å². The van der Waals surface area contributed by atoms with E-state index in [9.17, 15) is 13.6 Å². The van der Waals surface area contributed by atoms with E-state index in [1.807, 2.05) is 0 Å². The number of nitrogens with zero attached hydrogens (tertiary/aromatic N) is 1. The van der Waals surface area contributed by atoms with Crippen LogP contribution in [0.1, 0.15) is 18.4 Å². The highest BCUT2D eigenvalue weighted by atomic mass is 19.3. The number of ether oxygens (including phenoxy) is 2. The molecule has 1 fully saturated rings. The SMILES string of the molecule is COC(=O)N(C)Cc1ccc(NC2CCOCCC2(F)F)cc1. The number of nitrogens with one attached hydrogen (secondary N) is 1. The third-order valence-corrected chi connectivity index (χ3v) is 3.84. The smallest absolute Gasteiger partial charge is 0.409 e. The second-order valence-corrected chi connectivity index (χ2v) is 5.63. The number of hydrogen-bond donors (Lipinski definition) is 1. The minimum absolute atomic E-state index is 0.0873. The molecule has 0 aromatic heterocycles. The summed E-state index contributed by atoms with van der Waals surface area (Å²) in [6.45, 7) is 0.805. The number of benzene rings is 1. The van der Waals surface area contributed by atoms with E-state index in [0.29, 0.717) is 18.8 Å². The molecule has 1 aliphatic heterocycles. The Morgan fingerprint density at radius 3 is 2.74 bits per heavy atom. The van der Waals surface area contributed by atoms with E-state index >= 15 is 0 Å². The Balaban J connectivity index is 1.98. The van der Waals surface area contributed by atoms with Crippen LogP contribution in [0.3, 0.4) is 0 Å². The van der Waals surface area contributed by atoms with Crippen molar-refractivity contribution >= 4 is 11.8 Å². The van der Waals surface area contributed by atoms with E-state index in [4.69, 9.17) is 4.74 Å². The number of rotatable bonds is 4. The van der Waals surface area contributed by atoms with Crippen LogP contribution in [0.15, 0.2) is 24.3 Å². The van der Waals surface area contributed by atoms with E-state index in [1.54, 1.807) is 31.3 Å². The molecule has 0 aliphatic carbocycles. The molecule has 0 radical (unpaired) electrons. The molecule has 0 saturated carbocycles. The monoisotopic (exact) mass is 328 g/mol. The third-order valence-electron chi connectivity index (χ3n) is 3.84. The zero-order valence-electron chi connectivity index (χ0n) is 13.4. The van der Waals surface area contributed by atoms with Gasteiger partial charge in [0, 0.05) is 32.3 Å². The summed E-state index contributed by atoms with van der Waals surface area (Å²) in [5, 5.41) is 2.89. The van der Waals surface area contributed by atoms with E-state index in [0.717, 1.165) is 5.56 Å². The summed E-state index contributed by atoms with van der Waals surface area (Å²) in [4.78, 5) is 12.8. The van der Waals surface area contributed by atoms with Gasteiger partial charge in [-0.2, -0.15) is 0 Å². The third kappa shape index (κ3) is 4.79. The van der Waals surface area contributed by atoms with Crippen molar-refractivity contribution in [3.8, 4) is 0 Å². The Kier molecular flexibility index (Phi) is 5.76. The molecule has 1 aliphatic rings. The van der Waals surface area contributed by atoms with Crippen molar-refractivity contribution in [2.45, 2.75) is 31.4 Å². The Labute approximate surface area is 134 Å². The first kappa shape index (κ1) is 17.5. The molecule has 5 nitrogen and oxygen atoms in total. The Morgan fingerprint density at radius 2 is 2.09 bits per heavy atom. The maximum absolute atomic E-state index is 14.0. The molecule has 1 aromatic carbocycles. The van der Waals surface area contributed by atoms with Gasteiger partial charge in [0.15, 0.2) is 0 Å². The Hall–Kier alpha value is -1.89. The van der Waals surface area contributed by atoms with Crippen molar-refractivity contribution in [2.24, 2.45) is 0 Å². The fourth-order valence-corrected chi connectivity index (χ4v) is 2.48. The molecule has 0 bridgehead atoms. The quantitative estimate of drug-likeness (QED) is 0.923. The fraction of sp³-hybridized carbons (Fsp3) is 0.562. The highest BCUT2D eigenvalue weighted by Gasteiger charge is 2.40. The van der Waals surface area contributed by atoms with E-state index in [1.165, 1.54) is 12.0 Å². The van der Waals surface area contributed by atoms with Crippen molar-refractivity contribution in [3.63, 3.8) is 0 Å². The number of anilines is 1. The maximum Gasteiger partial charge on any atom is 0.409 e. The second-order valence-electron chi connectivity index (χ2n) is 5.63. The Bertz CT molecular complexity index is 523. The van der Waals surface area contributed by atoms with Gasteiger partial charge in [0.25, 0.3) is 5.92 Å². The average Bonchev–Trinajstić information content (AvgIpc) is 2.69.